The predicted octanol–water partition coefficient (Wildman–Crippen LogP) is 3.94. The van der Waals surface area contributed by atoms with Crippen molar-refractivity contribution in [2.24, 2.45) is 0 Å². The summed E-state index contributed by atoms with van der Waals surface area (Å²) >= 11 is 3.33. The third-order valence-corrected chi connectivity index (χ3v) is 4.08. The van der Waals surface area contributed by atoms with Crippen molar-refractivity contribution in [1.29, 1.82) is 5.26 Å². The fourth-order valence-corrected chi connectivity index (χ4v) is 2.45. The van der Waals surface area contributed by atoms with Crippen LogP contribution in [0, 0.1) is 11.3 Å². The van der Waals surface area contributed by atoms with Gasteiger partial charge in [0.1, 0.15) is 0 Å². The molecular formula is C20H19BrN2O5. The van der Waals surface area contributed by atoms with E-state index in [-0.39, 0.29) is 19.1 Å². The molecule has 0 atom stereocenters. The zero-order valence-corrected chi connectivity index (χ0v) is 16.8. The van der Waals surface area contributed by atoms with Gasteiger partial charge in [-0.2, -0.15) is 5.26 Å². The summed E-state index contributed by atoms with van der Waals surface area (Å²) in [6, 6.07) is 13.7. The quantitative estimate of drug-likeness (QED) is 0.462. The monoisotopic (exact) mass is 446 g/mol. The second kappa shape index (κ2) is 10.9. The molecule has 0 saturated carbocycles. The van der Waals surface area contributed by atoms with Crippen molar-refractivity contribution in [2.45, 2.75) is 12.8 Å². The Kier molecular flexibility index (Phi) is 8.31. The van der Waals surface area contributed by atoms with Crippen LogP contribution in [0.25, 0.3) is 0 Å². The van der Waals surface area contributed by atoms with Crippen molar-refractivity contribution in [2.75, 3.05) is 25.6 Å². The van der Waals surface area contributed by atoms with E-state index in [9.17, 15) is 9.59 Å². The number of amides is 1. The molecule has 0 aliphatic heterocycles. The Balaban J connectivity index is 1.92. The molecule has 0 unspecified atom stereocenters. The molecule has 0 radical (unpaired) electrons. The van der Waals surface area contributed by atoms with Gasteiger partial charge in [0.05, 0.1) is 25.3 Å². The number of anilines is 1. The molecule has 0 fully saturated rings. The first-order valence-corrected chi connectivity index (χ1v) is 9.23. The van der Waals surface area contributed by atoms with Crippen molar-refractivity contribution in [1.82, 2.24) is 0 Å². The number of esters is 1. The van der Waals surface area contributed by atoms with Crippen LogP contribution in [0.15, 0.2) is 46.9 Å². The number of carbonyl (C=O) groups excluding carboxylic acids is 2. The van der Waals surface area contributed by atoms with Crippen molar-refractivity contribution in [3.63, 3.8) is 0 Å². The Morgan fingerprint density at radius 2 is 1.89 bits per heavy atom. The zero-order chi connectivity index (χ0) is 20.4. The van der Waals surface area contributed by atoms with Crippen LogP contribution in [-0.2, 0) is 9.53 Å². The van der Waals surface area contributed by atoms with E-state index < -0.39 is 5.97 Å². The van der Waals surface area contributed by atoms with Gasteiger partial charge < -0.3 is 19.5 Å². The van der Waals surface area contributed by atoms with Gasteiger partial charge >= 0.3 is 5.97 Å². The Bertz CT molecular complexity index is 862. The highest BCUT2D eigenvalue weighted by Crippen LogP contribution is 2.28. The van der Waals surface area contributed by atoms with Crippen molar-refractivity contribution >= 4 is 33.5 Å². The first kappa shape index (κ1) is 21.3. The van der Waals surface area contributed by atoms with Crippen LogP contribution in [0.4, 0.5) is 5.69 Å². The number of hydrogen-bond acceptors (Lipinski definition) is 6. The molecule has 7 nitrogen and oxygen atoms in total. The van der Waals surface area contributed by atoms with Crippen LogP contribution >= 0.6 is 15.9 Å². The molecule has 0 aliphatic carbocycles. The number of carbonyl (C=O) groups is 2. The van der Waals surface area contributed by atoms with Gasteiger partial charge in [-0.3, -0.25) is 4.79 Å². The molecule has 28 heavy (non-hydrogen) atoms. The minimum atomic E-state index is -0.518. The van der Waals surface area contributed by atoms with Gasteiger partial charge in [0.15, 0.2) is 18.1 Å². The van der Waals surface area contributed by atoms with Crippen LogP contribution in [0.1, 0.15) is 23.2 Å². The van der Waals surface area contributed by atoms with Crippen molar-refractivity contribution < 1.29 is 23.8 Å². The van der Waals surface area contributed by atoms with Crippen molar-refractivity contribution in [3.05, 3.63) is 52.5 Å². The lowest BCUT2D eigenvalue weighted by atomic mass is 10.2. The van der Waals surface area contributed by atoms with Crippen LogP contribution in [0.2, 0.25) is 0 Å². The fraction of sp³-hybridized carbons (Fsp3) is 0.250. The van der Waals surface area contributed by atoms with Gasteiger partial charge in [0.25, 0.3) is 5.91 Å². The van der Waals surface area contributed by atoms with Gasteiger partial charge in [-0.15, -0.1) is 0 Å². The number of hydrogen-bond donors (Lipinski definition) is 1. The number of unbranched alkanes of at least 4 members (excludes halogenated alkanes) is 1. The van der Waals surface area contributed by atoms with E-state index in [1.54, 1.807) is 12.1 Å². The third-order valence-electron chi connectivity index (χ3n) is 3.55. The van der Waals surface area contributed by atoms with E-state index in [0.717, 1.165) is 4.47 Å². The number of nitriles is 1. The molecule has 146 valence electrons. The van der Waals surface area contributed by atoms with E-state index in [1.165, 1.54) is 25.3 Å². The summed E-state index contributed by atoms with van der Waals surface area (Å²) in [6.07, 6.45) is 0.805. The molecule has 8 heteroatoms. The molecule has 0 spiro atoms. The fourth-order valence-electron chi connectivity index (χ4n) is 2.19. The summed E-state index contributed by atoms with van der Waals surface area (Å²) in [6.45, 7) is -0.0480. The van der Waals surface area contributed by atoms with E-state index in [2.05, 4.69) is 21.2 Å². The Morgan fingerprint density at radius 3 is 2.57 bits per heavy atom. The molecule has 0 aromatic heterocycles. The lowest BCUT2D eigenvalue weighted by molar-refractivity contribution is -0.118. The molecule has 2 rings (SSSR count). The Labute approximate surface area is 171 Å². The minimum Gasteiger partial charge on any atom is -0.493 e. The predicted molar refractivity (Wildman–Crippen MR) is 106 cm³/mol. The zero-order valence-electron chi connectivity index (χ0n) is 15.2. The van der Waals surface area contributed by atoms with E-state index in [1.807, 2.05) is 18.2 Å². The molecular weight excluding hydrogens is 428 g/mol. The van der Waals surface area contributed by atoms with Gasteiger partial charge in [0, 0.05) is 16.6 Å². The van der Waals surface area contributed by atoms with Gasteiger partial charge in [0.2, 0.25) is 0 Å². The summed E-state index contributed by atoms with van der Waals surface area (Å²) in [5.41, 5.74) is 0.943. The highest BCUT2D eigenvalue weighted by atomic mass is 79.9. The molecule has 0 bridgehead atoms. The SMILES string of the molecule is COc1cc(C(=O)OCCCC#N)ccc1OCC(=O)Nc1ccc(Br)cc1. The average Bonchev–Trinajstić information content (AvgIpc) is 2.71. The summed E-state index contributed by atoms with van der Waals surface area (Å²) in [5.74, 6) is -0.210. The van der Waals surface area contributed by atoms with Gasteiger partial charge in [-0.1, -0.05) is 15.9 Å². The van der Waals surface area contributed by atoms with E-state index >= 15 is 0 Å². The molecule has 0 saturated heterocycles. The Morgan fingerprint density at radius 1 is 1.14 bits per heavy atom. The first-order valence-electron chi connectivity index (χ1n) is 8.44. The third kappa shape index (κ3) is 6.59. The van der Waals surface area contributed by atoms with E-state index in [4.69, 9.17) is 19.5 Å². The van der Waals surface area contributed by atoms with Crippen LogP contribution in [0.3, 0.4) is 0 Å². The van der Waals surface area contributed by atoms with Crippen LogP contribution in [0.5, 0.6) is 11.5 Å². The smallest absolute Gasteiger partial charge is 0.338 e. The number of methoxy groups -OCH3 is 1. The number of halogens is 1. The van der Waals surface area contributed by atoms with E-state index in [0.29, 0.717) is 35.6 Å². The topological polar surface area (TPSA) is 97.7 Å². The molecule has 0 heterocycles. The molecule has 1 N–H and O–H groups in total. The largest absolute Gasteiger partial charge is 0.493 e. The normalized spacial score (nSPS) is 9.89. The lowest BCUT2D eigenvalue weighted by Crippen LogP contribution is -2.20. The maximum Gasteiger partial charge on any atom is 0.338 e. The molecule has 0 aliphatic rings. The average molecular weight is 447 g/mol. The number of ether oxygens (including phenoxy) is 3. The summed E-state index contributed by atoms with van der Waals surface area (Å²) in [4.78, 5) is 24.0. The highest BCUT2D eigenvalue weighted by Gasteiger charge is 2.13. The Hall–Kier alpha value is -3.05. The standard InChI is InChI=1S/C20H19BrN2O5/c1-26-18-12-14(20(25)27-11-3-2-10-22)4-9-17(18)28-13-19(24)23-16-7-5-15(21)6-8-16/h4-9,12H,2-3,11,13H2,1H3,(H,23,24). The summed E-state index contributed by atoms with van der Waals surface area (Å²) in [5, 5.41) is 11.2. The number of nitrogens with one attached hydrogen (secondary N) is 1. The first-order chi connectivity index (χ1) is 13.5. The number of rotatable bonds is 9. The second-order valence-corrected chi connectivity index (χ2v) is 6.52. The lowest BCUT2D eigenvalue weighted by Gasteiger charge is -2.12. The molecule has 2 aromatic carbocycles. The summed E-state index contributed by atoms with van der Waals surface area (Å²) in [7, 11) is 1.44. The highest BCUT2D eigenvalue weighted by molar-refractivity contribution is 9.10. The van der Waals surface area contributed by atoms with Gasteiger partial charge in [-0.05, 0) is 48.9 Å². The second-order valence-electron chi connectivity index (χ2n) is 5.61. The number of benzene rings is 2. The summed E-state index contributed by atoms with van der Waals surface area (Å²) < 4.78 is 16.7. The molecule has 1 amide bonds. The maximum atomic E-state index is 12.0. The number of nitrogens with zero attached hydrogens (tertiary/aromatic N) is 1. The molecule has 2 aromatic rings. The van der Waals surface area contributed by atoms with Crippen LogP contribution in [-0.4, -0.2) is 32.2 Å². The maximum absolute atomic E-state index is 12.0. The van der Waals surface area contributed by atoms with Crippen LogP contribution < -0.4 is 14.8 Å². The van der Waals surface area contributed by atoms with Crippen molar-refractivity contribution in [3.8, 4) is 17.6 Å². The minimum absolute atomic E-state index is 0.170. The van der Waals surface area contributed by atoms with Gasteiger partial charge in [-0.25, -0.2) is 4.79 Å².